The van der Waals surface area contributed by atoms with E-state index in [1.54, 1.807) is 18.3 Å². The molecule has 0 fully saturated rings. The maximum Gasteiger partial charge on any atom is 0.278 e. The second-order valence-electron chi connectivity index (χ2n) is 5.95. The van der Waals surface area contributed by atoms with Gasteiger partial charge in [-0.1, -0.05) is 54.1 Å². The normalized spacial score (nSPS) is 20.8. The number of pyridine rings is 1. The highest BCUT2D eigenvalue weighted by molar-refractivity contribution is 6.54. The number of aliphatic imine (C=N–C) groups is 1. The number of para-hydroxylation sites is 1. The fourth-order valence-corrected chi connectivity index (χ4v) is 3.28. The Morgan fingerprint density at radius 1 is 1.16 bits per heavy atom. The van der Waals surface area contributed by atoms with Gasteiger partial charge >= 0.3 is 0 Å². The van der Waals surface area contributed by atoms with Crippen LogP contribution in [0.1, 0.15) is 18.4 Å². The second kappa shape index (κ2) is 6.65. The Balaban J connectivity index is 1.77. The SMILES string of the molecule is O=C1C(=Nc2ccc(Cl)nc2)c2ccccc2N1C1C=CC=CCC1. The van der Waals surface area contributed by atoms with Crippen LogP contribution in [0.5, 0.6) is 0 Å². The number of hydrogen-bond donors (Lipinski definition) is 0. The summed E-state index contributed by atoms with van der Waals surface area (Å²) in [5, 5.41) is 0.403. The lowest BCUT2D eigenvalue weighted by atomic mass is 10.1. The first-order valence-electron chi connectivity index (χ1n) is 8.20. The van der Waals surface area contributed by atoms with Crippen molar-refractivity contribution in [2.45, 2.75) is 18.9 Å². The molecular weight excluding hydrogens is 334 g/mol. The lowest BCUT2D eigenvalue weighted by Crippen LogP contribution is -2.38. The van der Waals surface area contributed by atoms with E-state index in [1.807, 2.05) is 41.3 Å². The summed E-state index contributed by atoms with van der Waals surface area (Å²) in [6.45, 7) is 0. The predicted octanol–water partition coefficient (Wildman–Crippen LogP) is 4.48. The van der Waals surface area contributed by atoms with Crippen LogP contribution >= 0.6 is 11.6 Å². The monoisotopic (exact) mass is 349 g/mol. The number of fused-ring (bicyclic) bond motifs is 1. The molecule has 1 aromatic carbocycles. The van der Waals surface area contributed by atoms with Crippen molar-refractivity contribution >= 4 is 34.6 Å². The summed E-state index contributed by atoms with van der Waals surface area (Å²) in [5.74, 6) is -0.0762. The number of benzene rings is 1. The Morgan fingerprint density at radius 2 is 2.04 bits per heavy atom. The molecule has 0 saturated carbocycles. The number of amides is 1. The summed E-state index contributed by atoms with van der Waals surface area (Å²) in [5.41, 5.74) is 2.82. The quantitative estimate of drug-likeness (QED) is 0.750. The van der Waals surface area contributed by atoms with Crippen molar-refractivity contribution in [3.05, 3.63) is 77.6 Å². The van der Waals surface area contributed by atoms with E-state index in [1.165, 1.54) is 0 Å². The van der Waals surface area contributed by atoms with Crippen molar-refractivity contribution < 1.29 is 4.79 Å². The molecule has 1 amide bonds. The first kappa shape index (κ1) is 15.8. The minimum atomic E-state index is -0.0762. The molecule has 1 unspecified atom stereocenters. The van der Waals surface area contributed by atoms with Gasteiger partial charge in [0.15, 0.2) is 0 Å². The van der Waals surface area contributed by atoms with Crippen molar-refractivity contribution in [1.29, 1.82) is 0 Å². The van der Waals surface area contributed by atoms with E-state index in [0.717, 1.165) is 24.1 Å². The summed E-state index contributed by atoms with van der Waals surface area (Å²) in [4.78, 5) is 23.6. The molecule has 1 aromatic heterocycles. The molecule has 0 radical (unpaired) electrons. The zero-order valence-corrected chi connectivity index (χ0v) is 14.2. The largest absolute Gasteiger partial charge is 0.299 e. The molecule has 1 atom stereocenters. The minimum absolute atomic E-state index is 0.0275. The Kier molecular flexibility index (Phi) is 4.20. The number of carbonyl (C=O) groups excluding carboxylic acids is 1. The molecule has 2 aliphatic rings. The number of rotatable bonds is 2. The van der Waals surface area contributed by atoms with E-state index >= 15 is 0 Å². The maximum absolute atomic E-state index is 13.1. The number of nitrogens with zero attached hydrogens (tertiary/aromatic N) is 3. The summed E-state index contributed by atoms with van der Waals surface area (Å²) in [6, 6.07) is 11.2. The molecule has 0 saturated heterocycles. The molecule has 25 heavy (non-hydrogen) atoms. The zero-order valence-electron chi connectivity index (χ0n) is 13.5. The van der Waals surface area contributed by atoms with Crippen LogP contribution in [0.25, 0.3) is 0 Å². The van der Waals surface area contributed by atoms with E-state index in [-0.39, 0.29) is 11.9 Å². The minimum Gasteiger partial charge on any atom is -0.299 e. The molecule has 0 bridgehead atoms. The van der Waals surface area contributed by atoms with Gasteiger partial charge in [0.1, 0.15) is 10.9 Å². The van der Waals surface area contributed by atoms with E-state index in [2.05, 4.69) is 22.1 Å². The third-order valence-electron chi connectivity index (χ3n) is 4.33. The molecule has 2 heterocycles. The van der Waals surface area contributed by atoms with Gasteiger partial charge in [-0.2, -0.15) is 0 Å². The molecule has 4 nitrogen and oxygen atoms in total. The van der Waals surface area contributed by atoms with Crippen LogP contribution < -0.4 is 4.90 Å². The van der Waals surface area contributed by atoms with E-state index in [9.17, 15) is 4.79 Å². The first-order chi connectivity index (χ1) is 12.2. The number of hydrogen-bond acceptors (Lipinski definition) is 3. The molecular formula is C20H16ClN3O. The lowest BCUT2D eigenvalue weighted by Gasteiger charge is -2.25. The van der Waals surface area contributed by atoms with Crippen LogP contribution in [0.4, 0.5) is 11.4 Å². The summed E-state index contributed by atoms with van der Waals surface area (Å²) < 4.78 is 0. The van der Waals surface area contributed by atoms with Gasteiger partial charge in [0.2, 0.25) is 0 Å². The molecule has 1 aliphatic heterocycles. The molecule has 124 valence electrons. The van der Waals surface area contributed by atoms with Crippen molar-refractivity contribution in [2.24, 2.45) is 4.99 Å². The van der Waals surface area contributed by atoms with Gasteiger partial charge in [-0.05, 0) is 31.0 Å². The van der Waals surface area contributed by atoms with Crippen molar-refractivity contribution in [3.8, 4) is 0 Å². The topological polar surface area (TPSA) is 45.6 Å². The zero-order chi connectivity index (χ0) is 17.2. The number of halogens is 1. The average molecular weight is 350 g/mol. The Bertz CT molecular complexity index is 899. The Labute approximate surface area is 151 Å². The van der Waals surface area contributed by atoms with E-state index < -0.39 is 0 Å². The number of carbonyl (C=O) groups is 1. The Hall–Kier alpha value is -2.72. The molecule has 0 spiro atoms. The highest BCUT2D eigenvalue weighted by Crippen LogP contribution is 2.34. The first-order valence-corrected chi connectivity index (χ1v) is 8.58. The molecule has 0 N–H and O–H groups in total. The van der Waals surface area contributed by atoms with Crippen LogP contribution in [0.15, 0.2) is 71.9 Å². The van der Waals surface area contributed by atoms with Crippen LogP contribution in [0.2, 0.25) is 5.15 Å². The van der Waals surface area contributed by atoms with E-state index in [4.69, 9.17) is 11.6 Å². The number of aromatic nitrogens is 1. The third-order valence-corrected chi connectivity index (χ3v) is 4.56. The van der Waals surface area contributed by atoms with Crippen LogP contribution in [-0.4, -0.2) is 22.6 Å². The smallest absolute Gasteiger partial charge is 0.278 e. The average Bonchev–Trinajstić information content (AvgIpc) is 2.80. The molecule has 2 aromatic rings. The lowest BCUT2D eigenvalue weighted by molar-refractivity contribution is -0.112. The van der Waals surface area contributed by atoms with Gasteiger partial charge in [0.25, 0.3) is 5.91 Å². The van der Waals surface area contributed by atoms with Gasteiger partial charge in [-0.15, -0.1) is 0 Å². The van der Waals surface area contributed by atoms with Crippen molar-refractivity contribution in [1.82, 2.24) is 4.98 Å². The predicted molar refractivity (Wildman–Crippen MR) is 101 cm³/mol. The van der Waals surface area contributed by atoms with Crippen LogP contribution in [0.3, 0.4) is 0 Å². The fraction of sp³-hybridized carbons (Fsp3) is 0.150. The molecule has 5 heteroatoms. The van der Waals surface area contributed by atoms with Gasteiger partial charge in [0.05, 0.1) is 23.6 Å². The van der Waals surface area contributed by atoms with Crippen molar-refractivity contribution in [2.75, 3.05) is 4.90 Å². The van der Waals surface area contributed by atoms with E-state index in [0.29, 0.717) is 16.6 Å². The maximum atomic E-state index is 13.1. The van der Waals surface area contributed by atoms with Gasteiger partial charge in [-0.3, -0.25) is 9.69 Å². The molecule has 1 aliphatic carbocycles. The van der Waals surface area contributed by atoms with Crippen LogP contribution in [-0.2, 0) is 4.79 Å². The number of anilines is 1. The highest BCUT2D eigenvalue weighted by atomic mass is 35.5. The summed E-state index contributed by atoms with van der Waals surface area (Å²) >= 11 is 5.83. The number of allylic oxidation sites excluding steroid dienone is 3. The fourth-order valence-electron chi connectivity index (χ4n) is 3.17. The second-order valence-corrected chi connectivity index (χ2v) is 6.34. The highest BCUT2D eigenvalue weighted by Gasteiger charge is 2.37. The van der Waals surface area contributed by atoms with Gasteiger partial charge < -0.3 is 0 Å². The Morgan fingerprint density at radius 3 is 2.88 bits per heavy atom. The van der Waals surface area contributed by atoms with Crippen LogP contribution in [0, 0.1) is 0 Å². The standard InChI is InChI=1S/C20H16ClN3O/c21-18-12-11-14(13-22-18)23-19-16-9-5-6-10-17(16)24(20(19)25)15-7-3-1-2-4-8-15/h1-3,5-7,9-13,15H,4,8H2. The van der Waals surface area contributed by atoms with Gasteiger partial charge in [0, 0.05) is 5.56 Å². The van der Waals surface area contributed by atoms with Crippen molar-refractivity contribution in [3.63, 3.8) is 0 Å². The van der Waals surface area contributed by atoms with Gasteiger partial charge in [-0.25, -0.2) is 9.98 Å². The summed E-state index contributed by atoms with van der Waals surface area (Å²) in [6.07, 6.45) is 11.6. The molecule has 4 rings (SSSR count). The summed E-state index contributed by atoms with van der Waals surface area (Å²) in [7, 11) is 0. The third kappa shape index (κ3) is 3.01.